The van der Waals surface area contributed by atoms with Crippen LogP contribution in [0.2, 0.25) is 0 Å². The van der Waals surface area contributed by atoms with E-state index in [0.29, 0.717) is 16.9 Å². The number of rotatable bonds is 4. The number of halogens is 1. The summed E-state index contributed by atoms with van der Waals surface area (Å²) in [5.41, 5.74) is 1.47. The second-order valence-electron chi connectivity index (χ2n) is 5.01. The quantitative estimate of drug-likeness (QED) is 0.606. The zero-order valence-electron chi connectivity index (χ0n) is 13.0. The first-order chi connectivity index (χ1) is 11.6. The number of methoxy groups -OCH3 is 1. The number of amides is 1. The van der Waals surface area contributed by atoms with Crippen LogP contribution in [0.1, 0.15) is 10.4 Å². The van der Waals surface area contributed by atoms with E-state index in [-0.39, 0.29) is 5.91 Å². The van der Waals surface area contributed by atoms with Crippen LogP contribution < -0.4 is 9.54 Å². The average Bonchev–Trinajstić information content (AvgIpc) is 2.93. The van der Waals surface area contributed by atoms with Gasteiger partial charge in [0.05, 0.1) is 11.8 Å². The number of carbonyl (C=O) groups is 1. The summed E-state index contributed by atoms with van der Waals surface area (Å²) >= 11 is 4.82. The molecule has 0 saturated carbocycles. The molecule has 4 nitrogen and oxygen atoms in total. The van der Waals surface area contributed by atoms with Crippen LogP contribution in [-0.4, -0.2) is 17.6 Å². The van der Waals surface area contributed by atoms with E-state index >= 15 is 0 Å². The number of para-hydroxylation sites is 1. The number of ether oxygens (including phenoxy) is 1. The zero-order chi connectivity index (χ0) is 17.1. The molecule has 3 aromatic rings. The molecule has 0 radical (unpaired) electrons. The second kappa shape index (κ2) is 7.15. The highest BCUT2D eigenvalue weighted by Gasteiger charge is 2.12. The number of fused-ring (bicyclic) bond motifs is 1. The molecule has 1 amide bonds. The van der Waals surface area contributed by atoms with E-state index < -0.39 is 0 Å². The van der Waals surface area contributed by atoms with Gasteiger partial charge in [-0.3, -0.25) is 4.79 Å². The van der Waals surface area contributed by atoms with Gasteiger partial charge in [0.2, 0.25) is 0 Å². The fourth-order valence-electron chi connectivity index (χ4n) is 2.39. The number of hydrogen-bond acceptors (Lipinski definition) is 3. The summed E-state index contributed by atoms with van der Waals surface area (Å²) in [4.78, 5) is 17.4. The maximum Gasteiger partial charge on any atom is 0.279 e. The first-order valence-electron chi connectivity index (χ1n) is 7.26. The van der Waals surface area contributed by atoms with E-state index in [4.69, 9.17) is 4.74 Å². The number of allylic oxidation sites excluding steroid dienone is 1. The molecule has 0 unspecified atom stereocenters. The van der Waals surface area contributed by atoms with E-state index in [9.17, 15) is 4.79 Å². The smallest absolute Gasteiger partial charge is 0.279 e. The van der Waals surface area contributed by atoms with Crippen molar-refractivity contribution >= 4 is 43.4 Å². The van der Waals surface area contributed by atoms with Crippen LogP contribution in [-0.2, 0) is 6.54 Å². The van der Waals surface area contributed by atoms with Crippen molar-refractivity contribution < 1.29 is 9.53 Å². The second-order valence-corrected chi connectivity index (χ2v) is 6.94. The van der Waals surface area contributed by atoms with Gasteiger partial charge in [-0.2, -0.15) is 4.99 Å². The number of nitrogens with zero attached hydrogens (tertiary/aromatic N) is 2. The van der Waals surface area contributed by atoms with E-state index in [2.05, 4.69) is 27.5 Å². The van der Waals surface area contributed by atoms with Crippen molar-refractivity contribution in [3.05, 3.63) is 70.0 Å². The van der Waals surface area contributed by atoms with Crippen molar-refractivity contribution in [1.82, 2.24) is 4.57 Å². The van der Waals surface area contributed by atoms with Crippen molar-refractivity contribution in [2.24, 2.45) is 4.99 Å². The van der Waals surface area contributed by atoms with E-state index in [0.717, 1.165) is 20.4 Å². The van der Waals surface area contributed by atoms with Gasteiger partial charge >= 0.3 is 0 Å². The molecule has 2 aromatic carbocycles. The Morgan fingerprint density at radius 1 is 1.33 bits per heavy atom. The fraction of sp³-hybridized carbons (Fsp3) is 0.111. The summed E-state index contributed by atoms with van der Waals surface area (Å²) in [6.07, 6.45) is 1.78. The highest BCUT2D eigenvalue weighted by Crippen LogP contribution is 2.27. The lowest BCUT2D eigenvalue weighted by Gasteiger charge is -2.06. The Morgan fingerprint density at radius 3 is 2.75 bits per heavy atom. The molecule has 0 spiro atoms. The van der Waals surface area contributed by atoms with Crippen molar-refractivity contribution in [2.75, 3.05) is 7.11 Å². The van der Waals surface area contributed by atoms with Gasteiger partial charge in [-0.15, -0.1) is 6.58 Å². The minimum Gasteiger partial charge on any atom is -0.495 e. The van der Waals surface area contributed by atoms with E-state index in [1.165, 1.54) is 11.3 Å². The Kier molecular flexibility index (Phi) is 4.97. The predicted molar refractivity (Wildman–Crippen MR) is 101 cm³/mol. The van der Waals surface area contributed by atoms with Crippen LogP contribution in [0.3, 0.4) is 0 Å². The lowest BCUT2D eigenvalue weighted by molar-refractivity contribution is 0.0998. The summed E-state index contributed by atoms with van der Waals surface area (Å²) in [6, 6.07) is 13.0. The van der Waals surface area contributed by atoms with Crippen LogP contribution in [0, 0.1) is 0 Å². The molecule has 0 N–H and O–H groups in total. The Labute approximate surface area is 151 Å². The molecule has 122 valence electrons. The van der Waals surface area contributed by atoms with Crippen LogP contribution in [0.4, 0.5) is 0 Å². The topological polar surface area (TPSA) is 43.6 Å². The van der Waals surface area contributed by atoms with Gasteiger partial charge in [-0.1, -0.05) is 39.4 Å². The SMILES string of the molecule is C=CCn1c(=NC(=O)c2ccc(Br)cc2)sc2cccc(OC)c21. The average molecular weight is 403 g/mol. The molecule has 1 aromatic heterocycles. The molecular weight excluding hydrogens is 388 g/mol. The molecule has 0 aliphatic carbocycles. The number of carbonyl (C=O) groups excluding carboxylic acids is 1. The Balaban J connectivity index is 2.17. The van der Waals surface area contributed by atoms with E-state index in [1.54, 1.807) is 25.3 Å². The van der Waals surface area contributed by atoms with Gasteiger partial charge in [0.25, 0.3) is 5.91 Å². The van der Waals surface area contributed by atoms with Crippen molar-refractivity contribution in [3.8, 4) is 5.75 Å². The molecule has 24 heavy (non-hydrogen) atoms. The van der Waals surface area contributed by atoms with Crippen LogP contribution in [0.5, 0.6) is 5.75 Å². The fourth-order valence-corrected chi connectivity index (χ4v) is 3.71. The summed E-state index contributed by atoms with van der Waals surface area (Å²) in [6.45, 7) is 4.35. The minimum atomic E-state index is -0.272. The predicted octanol–water partition coefficient (Wildman–Crippen LogP) is 4.40. The summed E-state index contributed by atoms with van der Waals surface area (Å²) < 4.78 is 9.33. The van der Waals surface area contributed by atoms with Gasteiger partial charge in [0.15, 0.2) is 4.80 Å². The number of thiazole rings is 1. The lowest BCUT2D eigenvalue weighted by Crippen LogP contribution is -2.16. The number of aromatic nitrogens is 1. The Morgan fingerprint density at radius 2 is 2.08 bits per heavy atom. The van der Waals surface area contributed by atoms with E-state index in [1.807, 2.05) is 34.9 Å². The molecule has 0 aliphatic rings. The van der Waals surface area contributed by atoms with Crippen LogP contribution in [0.25, 0.3) is 10.2 Å². The molecule has 3 rings (SSSR count). The molecule has 0 saturated heterocycles. The lowest BCUT2D eigenvalue weighted by atomic mass is 10.2. The monoisotopic (exact) mass is 402 g/mol. The van der Waals surface area contributed by atoms with Crippen LogP contribution >= 0.6 is 27.3 Å². The van der Waals surface area contributed by atoms with Gasteiger partial charge < -0.3 is 9.30 Å². The summed E-state index contributed by atoms with van der Waals surface area (Å²) in [5.74, 6) is 0.481. The Hall–Kier alpha value is -2.18. The standard InChI is InChI=1S/C18H15BrN2O2S/c1-3-11-21-16-14(23-2)5-4-6-15(16)24-18(21)20-17(22)12-7-9-13(19)10-8-12/h3-10H,1,11H2,2H3. The van der Waals surface area contributed by atoms with Crippen LogP contribution in [0.15, 0.2) is 64.6 Å². The first kappa shape index (κ1) is 16.7. The highest BCUT2D eigenvalue weighted by molar-refractivity contribution is 9.10. The van der Waals surface area contributed by atoms with Gasteiger partial charge in [-0.05, 0) is 36.4 Å². The highest BCUT2D eigenvalue weighted by atomic mass is 79.9. The maximum absolute atomic E-state index is 12.5. The maximum atomic E-state index is 12.5. The molecule has 0 atom stereocenters. The molecule has 0 fully saturated rings. The summed E-state index contributed by atoms with van der Waals surface area (Å²) in [5, 5.41) is 0. The largest absolute Gasteiger partial charge is 0.495 e. The molecular formula is C18H15BrN2O2S. The van der Waals surface area contributed by atoms with Crippen molar-refractivity contribution in [1.29, 1.82) is 0 Å². The minimum absolute atomic E-state index is 0.272. The van der Waals surface area contributed by atoms with Gasteiger partial charge in [-0.25, -0.2) is 0 Å². The first-order valence-corrected chi connectivity index (χ1v) is 8.87. The van der Waals surface area contributed by atoms with Crippen molar-refractivity contribution in [2.45, 2.75) is 6.54 Å². The number of hydrogen-bond donors (Lipinski definition) is 0. The molecule has 6 heteroatoms. The number of benzene rings is 2. The molecule has 1 heterocycles. The molecule has 0 aliphatic heterocycles. The normalized spacial score (nSPS) is 11.7. The third-order valence-corrected chi connectivity index (χ3v) is 5.06. The third-order valence-electron chi connectivity index (χ3n) is 3.48. The molecule has 0 bridgehead atoms. The van der Waals surface area contributed by atoms with Gasteiger partial charge in [0, 0.05) is 16.6 Å². The van der Waals surface area contributed by atoms with Crippen molar-refractivity contribution in [3.63, 3.8) is 0 Å². The zero-order valence-corrected chi connectivity index (χ0v) is 15.4. The Bertz CT molecular complexity index is 971. The summed E-state index contributed by atoms with van der Waals surface area (Å²) in [7, 11) is 1.63. The third kappa shape index (κ3) is 3.20. The van der Waals surface area contributed by atoms with Gasteiger partial charge in [0.1, 0.15) is 11.3 Å².